The van der Waals surface area contributed by atoms with Crippen LogP contribution in [0.5, 0.6) is 0 Å². The predicted molar refractivity (Wildman–Crippen MR) is 130 cm³/mol. The van der Waals surface area contributed by atoms with Gasteiger partial charge in [-0.15, -0.1) is 0 Å². The summed E-state index contributed by atoms with van der Waals surface area (Å²) < 4.78 is 50.3. The van der Waals surface area contributed by atoms with Crippen molar-refractivity contribution in [1.29, 1.82) is 0 Å². The zero-order valence-corrected chi connectivity index (χ0v) is 21.5. The van der Waals surface area contributed by atoms with Gasteiger partial charge < -0.3 is 4.98 Å². The average Bonchev–Trinajstić information content (AvgIpc) is 2.99. The third kappa shape index (κ3) is 4.76. The van der Waals surface area contributed by atoms with Crippen molar-refractivity contribution in [3.8, 4) is 0 Å². The molecule has 1 saturated heterocycles. The molecule has 2 aromatic rings. The van der Waals surface area contributed by atoms with Crippen LogP contribution in [0.1, 0.15) is 51.7 Å². The van der Waals surface area contributed by atoms with Crippen molar-refractivity contribution in [3.05, 3.63) is 35.5 Å². The highest BCUT2D eigenvalue weighted by Crippen LogP contribution is 2.57. The van der Waals surface area contributed by atoms with E-state index in [-0.39, 0.29) is 22.1 Å². The first-order valence-corrected chi connectivity index (χ1v) is 14.9. The molecule has 1 aromatic heterocycles. The molecule has 0 bridgehead atoms. The molecule has 9 heteroatoms. The molecule has 2 N–H and O–H groups in total. The van der Waals surface area contributed by atoms with Crippen LogP contribution >= 0.6 is 0 Å². The van der Waals surface area contributed by atoms with Gasteiger partial charge in [-0.2, -0.15) is 8.42 Å². The minimum Gasteiger partial charge on any atom is -0.361 e. The van der Waals surface area contributed by atoms with Crippen molar-refractivity contribution in [1.82, 2.24) is 9.88 Å². The molecule has 0 radical (unpaired) electrons. The van der Waals surface area contributed by atoms with E-state index in [2.05, 4.69) is 62.0 Å². The van der Waals surface area contributed by atoms with Crippen LogP contribution in [0.25, 0.3) is 10.9 Å². The topological polar surface area (TPSA) is 108 Å². The van der Waals surface area contributed by atoms with Crippen molar-refractivity contribution in [3.63, 3.8) is 0 Å². The number of rotatable bonds is 4. The van der Waals surface area contributed by atoms with Gasteiger partial charge >= 0.3 is 0 Å². The van der Waals surface area contributed by atoms with Gasteiger partial charge in [0.15, 0.2) is 0 Å². The first-order valence-electron chi connectivity index (χ1n) is 11.0. The second-order valence-electron chi connectivity index (χ2n) is 10.5. The van der Waals surface area contributed by atoms with Crippen LogP contribution in [0.2, 0.25) is 0 Å². The number of nitrogens with zero attached hydrogens (tertiary/aromatic N) is 1. The molecule has 4 rings (SSSR count). The Morgan fingerprint density at radius 2 is 1.75 bits per heavy atom. The lowest BCUT2D eigenvalue weighted by Gasteiger charge is -2.63. The Labute approximate surface area is 192 Å². The van der Waals surface area contributed by atoms with Gasteiger partial charge in [-0.3, -0.25) is 9.45 Å². The second kappa shape index (κ2) is 8.11. The molecule has 3 atom stereocenters. The number of H-pyrrole nitrogens is 1. The molecule has 1 aromatic carbocycles. The van der Waals surface area contributed by atoms with E-state index >= 15 is 0 Å². The molecule has 1 aliphatic carbocycles. The molecule has 1 unspecified atom stereocenters. The van der Waals surface area contributed by atoms with Gasteiger partial charge in [-0.1, -0.05) is 32.9 Å². The summed E-state index contributed by atoms with van der Waals surface area (Å²) in [5, 5.41) is 1.36. The normalized spacial score (nSPS) is 30.5. The Morgan fingerprint density at radius 1 is 1.12 bits per heavy atom. The summed E-state index contributed by atoms with van der Waals surface area (Å²) in [5.41, 5.74) is 3.63. The number of aromatic amines is 1. The number of benzene rings is 1. The minimum atomic E-state index is -3.67. The van der Waals surface area contributed by atoms with Crippen LogP contribution < -0.4 is 0 Å². The Bertz CT molecular complexity index is 1210. The molecule has 0 saturated carbocycles. The highest BCUT2D eigenvalue weighted by molar-refractivity contribution is 7.90. The van der Waals surface area contributed by atoms with Crippen LogP contribution in [0.3, 0.4) is 0 Å². The number of hydrogen-bond donors (Lipinski definition) is 2. The van der Waals surface area contributed by atoms with E-state index in [9.17, 15) is 16.8 Å². The zero-order valence-electron chi connectivity index (χ0n) is 19.9. The summed E-state index contributed by atoms with van der Waals surface area (Å²) in [6.45, 7) is 11.0. The molecule has 2 aliphatic rings. The highest BCUT2D eigenvalue weighted by atomic mass is 32.2. The number of piperidine rings is 1. The number of nitrogens with one attached hydrogen (secondary N) is 1. The molecular weight excluding hydrogens is 448 g/mol. The van der Waals surface area contributed by atoms with E-state index in [1.807, 2.05) is 0 Å². The third-order valence-electron chi connectivity index (χ3n) is 7.26. The molecule has 32 heavy (non-hydrogen) atoms. The molecule has 1 fully saturated rings. The number of hydrogen-bond acceptors (Lipinski definition) is 5. The molecule has 1 aliphatic heterocycles. The van der Waals surface area contributed by atoms with Gasteiger partial charge in [0, 0.05) is 40.9 Å². The Kier molecular flexibility index (Phi) is 6.39. The van der Waals surface area contributed by atoms with Gasteiger partial charge in [0.2, 0.25) is 0 Å². The van der Waals surface area contributed by atoms with Crippen LogP contribution in [0.15, 0.2) is 24.4 Å². The number of aromatic nitrogens is 1. The predicted octanol–water partition coefficient (Wildman–Crippen LogP) is 3.41. The van der Waals surface area contributed by atoms with E-state index < -0.39 is 20.0 Å². The summed E-state index contributed by atoms with van der Waals surface area (Å²) in [6, 6.07) is 6.56. The summed E-state index contributed by atoms with van der Waals surface area (Å²) in [6.07, 6.45) is 7.25. The fourth-order valence-electron chi connectivity index (χ4n) is 6.33. The first-order chi connectivity index (χ1) is 14.5. The maximum Gasteiger partial charge on any atom is 0.261 e. The van der Waals surface area contributed by atoms with Crippen LogP contribution in [-0.4, -0.2) is 68.2 Å². The van der Waals surface area contributed by atoms with Crippen molar-refractivity contribution < 1.29 is 21.4 Å². The van der Waals surface area contributed by atoms with Crippen LogP contribution in [0.4, 0.5) is 0 Å². The largest absolute Gasteiger partial charge is 0.361 e. The maximum atomic E-state index is 12.2. The fourth-order valence-corrected chi connectivity index (χ4v) is 7.79. The first kappa shape index (κ1) is 25.2. The van der Waals surface area contributed by atoms with Crippen molar-refractivity contribution in [2.24, 2.45) is 5.41 Å². The Morgan fingerprint density at radius 3 is 2.31 bits per heavy atom. The lowest BCUT2D eigenvalue weighted by Crippen LogP contribution is -2.69. The fraction of sp³-hybridized carbons (Fsp3) is 0.652. The van der Waals surface area contributed by atoms with E-state index in [1.165, 1.54) is 28.3 Å². The summed E-state index contributed by atoms with van der Waals surface area (Å²) in [5.74, 6) is 0.252. The van der Waals surface area contributed by atoms with E-state index in [0.717, 1.165) is 32.4 Å². The third-order valence-corrected chi connectivity index (χ3v) is 8.48. The van der Waals surface area contributed by atoms with Gasteiger partial charge in [-0.05, 0) is 55.3 Å². The second-order valence-corrected chi connectivity index (χ2v) is 14.1. The number of likely N-dealkylation sites (tertiary alicyclic amines) is 1. The van der Waals surface area contributed by atoms with E-state index in [0.29, 0.717) is 6.26 Å². The van der Waals surface area contributed by atoms with Crippen molar-refractivity contribution in [2.45, 2.75) is 57.9 Å². The summed E-state index contributed by atoms with van der Waals surface area (Å²) >= 11 is 0. The molecule has 2 heterocycles. The Hall–Kier alpha value is -1.42. The Balaban J connectivity index is 0.000000523. The highest BCUT2D eigenvalue weighted by Gasteiger charge is 2.59. The van der Waals surface area contributed by atoms with Gasteiger partial charge in [-0.25, -0.2) is 8.42 Å². The van der Waals surface area contributed by atoms with Gasteiger partial charge in [0.1, 0.15) is 9.84 Å². The zero-order chi connectivity index (χ0) is 24.2. The van der Waals surface area contributed by atoms with Crippen molar-refractivity contribution >= 4 is 30.9 Å². The molecule has 7 nitrogen and oxygen atoms in total. The van der Waals surface area contributed by atoms with Gasteiger partial charge in [0.05, 0.1) is 12.0 Å². The van der Waals surface area contributed by atoms with Crippen molar-refractivity contribution in [2.75, 3.05) is 31.4 Å². The number of fused-ring (bicyclic) bond motifs is 2. The minimum absolute atomic E-state index is 0.0104. The van der Waals surface area contributed by atoms with Crippen LogP contribution in [-0.2, 0) is 31.8 Å². The number of sulfone groups is 1. The molecule has 0 amide bonds. The standard InChI is InChI=1S/C22H32N2O2S.CH4O3S/c1-6-10-24-14-20(2,15-27(5,25)26)13-21(3)17-8-7-9-18-19(17)16(12-23-18)11-22(21,24)4;1-5(2,3)4/h7-9,12,23H,6,10-11,13-15H2,1-5H3;1H3,(H,2,3,4)/t20-,21-,22?;/m1./s1. The summed E-state index contributed by atoms with van der Waals surface area (Å²) in [7, 11) is -6.71. The van der Waals surface area contributed by atoms with E-state index in [1.54, 1.807) is 0 Å². The SMILES string of the molecule is CCCN1C[C@](C)(CS(C)(=O)=O)C[C@]2(C)c3cccc4[nH]cc(c34)CC12C.CS(=O)(=O)O. The van der Waals surface area contributed by atoms with E-state index in [4.69, 9.17) is 4.55 Å². The molecular formula is C23H36N2O5S2. The summed E-state index contributed by atoms with van der Waals surface area (Å²) in [4.78, 5) is 6.05. The molecule has 180 valence electrons. The molecule has 0 spiro atoms. The average molecular weight is 485 g/mol. The lowest BCUT2D eigenvalue weighted by molar-refractivity contribution is -0.0631. The van der Waals surface area contributed by atoms with Gasteiger partial charge in [0.25, 0.3) is 10.1 Å². The lowest BCUT2D eigenvalue weighted by atomic mass is 9.52. The quantitative estimate of drug-likeness (QED) is 0.644. The maximum absolute atomic E-state index is 12.2. The smallest absolute Gasteiger partial charge is 0.261 e. The van der Waals surface area contributed by atoms with Crippen LogP contribution in [0, 0.1) is 5.41 Å². The monoisotopic (exact) mass is 484 g/mol.